The van der Waals surface area contributed by atoms with Gasteiger partial charge in [0.1, 0.15) is 0 Å². The van der Waals surface area contributed by atoms with Crippen molar-refractivity contribution in [2.75, 3.05) is 0 Å². The Morgan fingerprint density at radius 3 is 2.39 bits per heavy atom. The number of alkyl halides is 3. The molecule has 1 N–H and O–H groups in total. The van der Waals surface area contributed by atoms with Crippen molar-refractivity contribution in [2.24, 2.45) is 0 Å². The van der Waals surface area contributed by atoms with Crippen LogP contribution in [0.25, 0.3) is 0 Å². The highest BCUT2D eigenvalue weighted by atomic mass is 19.3. The van der Waals surface area contributed by atoms with Gasteiger partial charge in [0.2, 0.25) is 6.17 Å². The second-order valence-corrected chi connectivity index (χ2v) is 3.69. The summed E-state index contributed by atoms with van der Waals surface area (Å²) in [6, 6.07) is 6.74. The Hall–Kier alpha value is -1.56. The molecule has 2 atom stereocenters. The van der Waals surface area contributed by atoms with Gasteiger partial charge in [0, 0.05) is 0 Å². The number of hydrogen-bond donors (Lipinski definition) is 1. The third-order valence-corrected chi connectivity index (χ3v) is 2.33. The lowest BCUT2D eigenvalue weighted by Crippen LogP contribution is -2.36. The maximum Gasteiger partial charge on any atom is 0.391 e. The Balaban J connectivity index is 2.82. The summed E-state index contributed by atoms with van der Waals surface area (Å²) in [6.45, 7) is 1.37. The van der Waals surface area contributed by atoms with E-state index in [1.807, 2.05) is 0 Å². The number of ether oxygens (including phenoxy) is 1. The van der Waals surface area contributed by atoms with Crippen molar-refractivity contribution >= 4 is 5.97 Å². The Morgan fingerprint density at radius 2 is 1.94 bits per heavy atom. The van der Waals surface area contributed by atoms with Gasteiger partial charge in [-0.15, -0.1) is 0 Å². The molecule has 3 nitrogen and oxygen atoms in total. The molecule has 0 aliphatic carbocycles. The number of carboxylic acid groups (broad SMARTS) is 1. The maximum atomic E-state index is 13.6. The molecule has 100 valence electrons. The van der Waals surface area contributed by atoms with Crippen LogP contribution in [0.5, 0.6) is 0 Å². The van der Waals surface area contributed by atoms with E-state index in [1.54, 1.807) is 6.07 Å². The van der Waals surface area contributed by atoms with Gasteiger partial charge in [0.25, 0.3) is 0 Å². The predicted octanol–water partition coefficient (Wildman–Crippen LogP) is 3.17. The summed E-state index contributed by atoms with van der Waals surface area (Å²) in [5, 5.41) is 8.61. The molecule has 0 radical (unpaired) electrons. The van der Waals surface area contributed by atoms with Crippen molar-refractivity contribution < 1.29 is 27.8 Å². The van der Waals surface area contributed by atoms with Crippen molar-refractivity contribution in [1.82, 2.24) is 0 Å². The molecular formula is C12H13F3O3. The summed E-state index contributed by atoms with van der Waals surface area (Å²) >= 11 is 0. The number of aliphatic carboxylic acids is 1. The molecule has 0 spiro atoms. The zero-order valence-electron chi connectivity index (χ0n) is 9.65. The number of halogens is 3. The molecule has 1 unspecified atom stereocenters. The minimum Gasteiger partial charge on any atom is -0.479 e. The first-order valence-electron chi connectivity index (χ1n) is 5.36. The number of carbonyl (C=O) groups is 1. The molecule has 0 aliphatic heterocycles. The lowest BCUT2D eigenvalue weighted by molar-refractivity contribution is -0.295. The summed E-state index contributed by atoms with van der Waals surface area (Å²) in [4.78, 5) is 10.6. The molecule has 0 fully saturated rings. The molecule has 18 heavy (non-hydrogen) atoms. The van der Waals surface area contributed by atoms with Gasteiger partial charge in [-0.1, -0.05) is 37.3 Å². The minimum absolute atomic E-state index is 0.174. The van der Waals surface area contributed by atoms with E-state index in [0.29, 0.717) is 0 Å². The smallest absolute Gasteiger partial charge is 0.391 e. The van der Waals surface area contributed by atoms with Crippen LogP contribution < -0.4 is 0 Å². The molecule has 0 amide bonds. The standard InChI is InChI=1S/C12H13F3O3/c1-2-9(11(16)17)18-12(14,15)10(13)8-6-4-3-5-7-8/h3-7,9-10H,2H2,1H3,(H,16,17)/t9?,10-/m0/s1. The van der Waals surface area contributed by atoms with E-state index in [9.17, 15) is 18.0 Å². The fourth-order valence-corrected chi connectivity index (χ4v) is 1.37. The molecule has 0 aliphatic rings. The highest BCUT2D eigenvalue weighted by Crippen LogP contribution is 2.36. The summed E-state index contributed by atoms with van der Waals surface area (Å²) < 4.78 is 44.5. The van der Waals surface area contributed by atoms with Crippen molar-refractivity contribution in [3.63, 3.8) is 0 Å². The van der Waals surface area contributed by atoms with E-state index in [1.165, 1.54) is 31.2 Å². The molecule has 0 aromatic heterocycles. The van der Waals surface area contributed by atoms with Gasteiger partial charge in [-0.2, -0.15) is 8.78 Å². The average Bonchev–Trinajstić information content (AvgIpc) is 2.35. The van der Waals surface area contributed by atoms with Crippen LogP contribution in [0.3, 0.4) is 0 Å². The largest absolute Gasteiger partial charge is 0.479 e. The van der Waals surface area contributed by atoms with Gasteiger partial charge in [-0.05, 0) is 12.0 Å². The van der Waals surface area contributed by atoms with Crippen molar-refractivity contribution in [3.05, 3.63) is 35.9 Å². The van der Waals surface area contributed by atoms with Gasteiger partial charge >= 0.3 is 12.1 Å². The first-order chi connectivity index (χ1) is 8.38. The molecule has 1 aromatic rings. The van der Waals surface area contributed by atoms with Crippen LogP contribution in [0.4, 0.5) is 13.2 Å². The predicted molar refractivity (Wildman–Crippen MR) is 58.0 cm³/mol. The van der Waals surface area contributed by atoms with Crippen LogP contribution in [0.1, 0.15) is 25.1 Å². The number of benzene rings is 1. The second-order valence-electron chi connectivity index (χ2n) is 3.69. The molecule has 0 bridgehead atoms. The van der Waals surface area contributed by atoms with Crippen LogP contribution in [0, 0.1) is 0 Å². The molecule has 1 rings (SSSR count). The Kier molecular flexibility index (Phi) is 4.72. The van der Waals surface area contributed by atoms with E-state index < -0.39 is 24.4 Å². The average molecular weight is 262 g/mol. The van der Waals surface area contributed by atoms with E-state index >= 15 is 0 Å². The topological polar surface area (TPSA) is 46.5 Å². The molecule has 0 heterocycles. The van der Waals surface area contributed by atoms with Gasteiger partial charge in [-0.3, -0.25) is 0 Å². The third-order valence-electron chi connectivity index (χ3n) is 2.33. The number of carboxylic acids is 1. The maximum absolute atomic E-state index is 13.6. The zero-order valence-corrected chi connectivity index (χ0v) is 9.65. The molecular weight excluding hydrogens is 249 g/mol. The van der Waals surface area contributed by atoms with E-state index in [-0.39, 0.29) is 12.0 Å². The van der Waals surface area contributed by atoms with E-state index in [2.05, 4.69) is 4.74 Å². The summed E-state index contributed by atoms with van der Waals surface area (Å²) in [5.41, 5.74) is -0.261. The first-order valence-corrected chi connectivity index (χ1v) is 5.36. The van der Waals surface area contributed by atoms with Crippen LogP contribution in [-0.4, -0.2) is 23.3 Å². The molecule has 0 saturated heterocycles. The number of hydrogen-bond acceptors (Lipinski definition) is 2. The van der Waals surface area contributed by atoms with Gasteiger partial charge in [0.15, 0.2) is 6.10 Å². The monoisotopic (exact) mass is 262 g/mol. The van der Waals surface area contributed by atoms with Crippen molar-refractivity contribution in [3.8, 4) is 0 Å². The summed E-state index contributed by atoms with van der Waals surface area (Å²) in [6.07, 6.45) is -8.79. The molecule has 1 aromatic carbocycles. The zero-order chi connectivity index (χ0) is 13.8. The normalized spacial score (nSPS) is 15.1. The van der Waals surface area contributed by atoms with Crippen LogP contribution in [0.15, 0.2) is 30.3 Å². The highest BCUT2D eigenvalue weighted by Gasteiger charge is 2.45. The Labute approximate surface area is 102 Å². The van der Waals surface area contributed by atoms with E-state index in [0.717, 1.165) is 0 Å². The molecule has 6 heteroatoms. The third kappa shape index (κ3) is 3.46. The van der Waals surface area contributed by atoms with Crippen molar-refractivity contribution in [1.29, 1.82) is 0 Å². The SMILES string of the molecule is CCC(OC(F)(F)[C@@H](F)c1ccccc1)C(=O)O. The fraction of sp³-hybridized carbons (Fsp3) is 0.417. The van der Waals surface area contributed by atoms with Gasteiger partial charge in [0.05, 0.1) is 0 Å². The van der Waals surface area contributed by atoms with Crippen molar-refractivity contribution in [2.45, 2.75) is 31.7 Å². The van der Waals surface area contributed by atoms with Crippen LogP contribution in [0.2, 0.25) is 0 Å². The quantitative estimate of drug-likeness (QED) is 0.856. The number of rotatable bonds is 6. The lowest BCUT2D eigenvalue weighted by atomic mass is 10.1. The van der Waals surface area contributed by atoms with Crippen LogP contribution >= 0.6 is 0 Å². The Morgan fingerprint density at radius 1 is 1.39 bits per heavy atom. The summed E-state index contributed by atoms with van der Waals surface area (Å²) in [7, 11) is 0. The second kappa shape index (κ2) is 5.86. The summed E-state index contributed by atoms with van der Waals surface area (Å²) in [5.74, 6) is -1.54. The first kappa shape index (κ1) is 14.5. The van der Waals surface area contributed by atoms with Crippen LogP contribution in [-0.2, 0) is 9.53 Å². The van der Waals surface area contributed by atoms with Gasteiger partial charge in [-0.25, -0.2) is 9.18 Å². The molecule has 0 saturated carbocycles. The fourth-order valence-electron chi connectivity index (χ4n) is 1.37. The van der Waals surface area contributed by atoms with E-state index in [4.69, 9.17) is 5.11 Å². The lowest BCUT2D eigenvalue weighted by Gasteiger charge is -2.24. The minimum atomic E-state index is -4.18. The highest BCUT2D eigenvalue weighted by molar-refractivity contribution is 5.72. The van der Waals surface area contributed by atoms with Gasteiger partial charge < -0.3 is 9.84 Å². The Bertz CT molecular complexity index is 395.